The van der Waals surface area contributed by atoms with Gasteiger partial charge in [0.2, 0.25) is 0 Å². The fraction of sp³-hybridized carbons (Fsp3) is 0.462. The van der Waals surface area contributed by atoms with E-state index >= 15 is 0 Å². The minimum absolute atomic E-state index is 0.0604. The highest BCUT2D eigenvalue weighted by Crippen LogP contribution is 2.33. The van der Waals surface area contributed by atoms with Gasteiger partial charge in [0.25, 0.3) is 0 Å². The van der Waals surface area contributed by atoms with Crippen LogP contribution in [0.15, 0.2) is 23.8 Å². The van der Waals surface area contributed by atoms with E-state index in [0.29, 0.717) is 6.42 Å². The number of hydrogen-bond donors (Lipinski definition) is 0. The lowest BCUT2D eigenvalue weighted by Crippen LogP contribution is -2.21. The van der Waals surface area contributed by atoms with E-state index in [0.717, 1.165) is 17.6 Å². The van der Waals surface area contributed by atoms with Crippen LogP contribution in [0.5, 0.6) is 0 Å². The first-order valence-electron chi connectivity index (χ1n) is 4.80. The van der Waals surface area contributed by atoms with E-state index in [2.05, 4.69) is 32.3 Å². The first kappa shape index (κ1) is 10.8. The Morgan fingerprint density at radius 3 is 2.64 bits per heavy atom. The van der Waals surface area contributed by atoms with Crippen LogP contribution in [0.3, 0.4) is 0 Å². The van der Waals surface area contributed by atoms with Crippen molar-refractivity contribution in [1.82, 2.24) is 0 Å². The molecule has 1 aliphatic rings. The summed E-state index contributed by atoms with van der Waals surface area (Å²) in [5.41, 5.74) is 1.83. The van der Waals surface area contributed by atoms with E-state index in [1.807, 2.05) is 6.92 Å². The Balaban J connectivity index is 2.87. The van der Waals surface area contributed by atoms with Crippen LogP contribution in [0.25, 0.3) is 0 Å². The Bertz CT molecular complexity index is 358. The van der Waals surface area contributed by atoms with Crippen LogP contribution < -0.4 is 0 Å². The van der Waals surface area contributed by atoms with Crippen molar-refractivity contribution in [3.05, 3.63) is 23.8 Å². The zero-order chi connectivity index (χ0) is 10.8. The van der Waals surface area contributed by atoms with Crippen LogP contribution >= 0.6 is 0 Å². The molecule has 0 aromatic rings. The molecule has 0 saturated heterocycles. The monoisotopic (exact) mass is 188 g/mol. The number of carbonyl (C=O) groups is 1. The zero-order valence-corrected chi connectivity index (χ0v) is 9.11. The van der Waals surface area contributed by atoms with Crippen molar-refractivity contribution in [2.75, 3.05) is 0 Å². The van der Waals surface area contributed by atoms with Crippen LogP contribution in [0.1, 0.15) is 33.6 Å². The molecular formula is C13H16O. The van der Waals surface area contributed by atoms with E-state index < -0.39 is 0 Å². The highest BCUT2D eigenvalue weighted by atomic mass is 16.1. The van der Waals surface area contributed by atoms with Crippen molar-refractivity contribution in [3.63, 3.8) is 0 Å². The van der Waals surface area contributed by atoms with Gasteiger partial charge in [-0.15, -0.1) is 0 Å². The van der Waals surface area contributed by atoms with E-state index in [-0.39, 0.29) is 11.2 Å². The van der Waals surface area contributed by atoms with Gasteiger partial charge in [-0.3, -0.25) is 4.79 Å². The lowest BCUT2D eigenvalue weighted by Gasteiger charge is -2.26. The molecule has 0 fully saturated rings. The lowest BCUT2D eigenvalue weighted by molar-refractivity contribution is -0.116. The van der Waals surface area contributed by atoms with Crippen LogP contribution in [0.2, 0.25) is 0 Å². The van der Waals surface area contributed by atoms with Gasteiger partial charge in [-0.1, -0.05) is 32.3 Å². The number of allylic oxidation sites excluding steroid dienone is 3. The molecule has 1 nitrogen and oxygen atoms in total. The summed E-state index contributed by atoms with van der Waals surface area (Å²) >= 11 is 0. The minimum Gasteiger partial charge on any atom is -0.295 e. The average molecular weight is 188 g/mol. The normalized spacial score (nSPS) is 19.4. The fourth-order valence-electron chi connectivity index (χ4n) is 1.61. The smallest absolute Gasteiger partial charge is 0.157 e. The minimum atomic E-state index is 0.0604. The van der Waals surface area contributed by atoms with Gasteiger partial charge in [0.1, 0.15) is 0 Å². The molecule has 0 radical (unpaired) electrons. The molecule has 0 saturated carbocycles. The topological polar surface area (TPSA) is 17.1 Å². The second-order valence-electron chi connectivity index (χ2n) is 4.68. The molecule has 1 rings (SSSR count). The highest BCUT2D eigenvalue weighted by Gasteiger charge is 2.26. The Morgan fingerprint density at radius 1 is 1.50 bits per heavy atom. The van der Waals surface area contributed by atoms with Crippen molar-refractivity contribution in [2.45, 2.75) is 33.6 Å². The molecule has 1 aliphatic carbocycles. The summed E-state index contributed by atoms with van der Waals surface area (Å²) in [6.07, 6.45) is 3.19. The van der Waals surface area contributed by atoms with Gasteiger partial charge in [-0.25, -0.2) is 0 Å². The molecular weight excluding hydrogens is 172 g/mol. The van der Waals surface area contributed by atoms with Crippen molar-refractivity contribution >= 4 is 5.78 Å². The summed E-state index contributed by atoms with van der Waals surface area (Å²) in [5, 5.41) is 0. The fourth-order valence-corrected chi connectivity index (χ4v) is 1.61. The molecule has 74 valence electrons. The van der Waals surface area contributed by atoms with Crippen LogP contribution in [-0.2, 0) is 4.79 Å². The number of ketones is 1. The zero-order valence-electron chi connectivity index (χ0n) is 9.11. The van der Waals surface area contributed by atoms with Gasteiger partial charge in [0.15, 0.2) is 5.78 Å². The summed E-state index contributed by atoms with van der Waals surface area (Å²) in [6.45, 7) is 9.77. The van der Waals surface area contributed by atoms with Gasteiger partial charge >= 0.3 is 0 Å². The molecule has 0 aromatic heterocycles. The predicted octanol–water partition coefficient (Wildman–Crippen LogP) is 2.88. The maximum atomic E-state index is 11.4. The third kappa shape index (κ3) is 3.22. The Hall–Kier alpha value is -1.29. The molecule has 0 aliphatic heterocycles. The number of rotatable bonds is 0. The van der Waals surface area contributed by atoms with Gasteiger partial charge in [-0.2, -0.15) is 0 Å². The van der Waals surface area contributed by atoms with Gasteiger partial charge in [-0.05, 0) is 30.4 Å². The standard InChI is InChI=1S/C13H16O/c1-10(2)5-6-11-7-12(14)9-13(3,4)8-11/h7H,1,8-9H2,2-4H3. The third-order valence-electron chi connectivity index (χ3n) is 2.09. The van der Waals surface area contributed by atoms with E-state index in [1.165, 1.54) is 0 Å². The maximum absolute atomic E-state index is 11.4. The Morgan fingerprint density at radius 2 is 2.14 bits per heavy atom. The molecule has 0 unspecified atom stereocenters. The molecule has 14 heavy (non-hydrogen) atoms. The summed E-state index contributed by atoms with van der Waals surface area (Å²) in [6, 6.07) is 0. The number of carbonyl (C=O) groups excluding carboxylic acids is 1. The molecule has 0 spiro atoms. The van der Waals surface area contributed by atoms with E-state index in [9.17, 15) is 4.79 Å². The highest BCUT2D eigenvalue weighted by molar-refractivity contribution is 5.92. The average Bonchev–Trinajstić information content (AvgIpc) is 1.96. The van der Waals surface area contributed by atoms with Crippen LogP contribution in [0, 0.1) is 17.3 Å². The first-order chi connectivity index (χ1) is 6.39. The molecule has 0 bridgehead atoms. The molecule has 0 N–H and O–H groups in total. The lowest BCUT2D eigenvalue weighted by atomic mass is 9.77. The second kappa shape index (κ2) is 3.84. The molecule has 0 aromatic carbocycles. The van der Waals surface area contributed by atoms with Crippen molar-refractivity contribution in [1.29, 1.82) is 0 Å². The van der Waals surface area contributed by atoms with E-state index in [4.69, 9.17) is 0 Å². The molecule has 0 atom stereocenters. The summed E-state index contributed by atoms with van der Waals surface area (Å²) in [4.78, 5) is 11.4. The largest absolute Gasteiger partial charge is 0.295 e. The maximum Gasteiger partial charge on any atom is 0.157 e. The SMILES string of the molecule is C=C(C)C#CC1=CC(=O)CC(C)(C)C1. The third-order valence-corrected chi connectivity index (χ3v) is 2.09. The van der Waals surface area contributed by atoms with E-state index in [1.54, 1.807) is 6.08 Å². The molecule has 1 heteroatoms. The summed E-state index contributed by atoms with van der Waals surface area (Å²) in [5.74, 6) is 6.09. The predicted molar refractivity (Wildman–Crippen MR) is 58.7 cm³/mol. The van der Waals surface area contributed by atoms with Gasteiger partial charge in [0, 0.05) is 12.0 Å². The first-order valence-corrected chi connectivity index (χ1v) is 4.80. The number of hydrogen-bond acceptors (Lipinski definition) is 1. The molecule has 0 amide bonds. The molecule has 0 heterocycles. The Labute approximate surface area is 85.9 Å². The van der Waals surface area contributed by atoms with Gasteiger partial charge in [0.05, 0.1) is 0 Å². The van der Waals surface area contributed by atoms with Crippen LogP contribution in [0.4, 0.5) is 0 Å². The Kier molecular flexibility index (Phi) is 2.96. The van der Waals surface area contributed by atoms with Crippen LogP contribution in [-0.4, -0.2) is 5.78 Å². The summed E-state index contributed by atoms with van der Waals surface area (Å²) < 4.78 is 0. The van der Waals surface area contributed by atoms with Crippen molar-refractivity contribution in [2.24, 2.45) is 5.41 Å². The quantitative estimate of drug-likeness (QED) is 0.534. The second-order valence-corrected chi connectivity index (χ2v) is 4.68. The van der Waals surface area contributed by atoms with Crippen molar-refractivity contribution in [3.8, 4) is 11.8 Å². The van der Waals surface area contributed by atoms with Gasteiger partial charge < -0.3 is 0 Å². The summed E-state index contributed by atoms with van der Waals surface area (Å²) in [7, 11) is 0. The van der Waals surface area contributed by atoms with Crippen molar-refractivity contribution < 1.29 is 4.79 Å².